The van der Waals surface area contributed by atoms with Crippen LogP contribution in [0.15, 0.2) is 84.0 Å². The smallest absolute Gasteiger partial charge is 0.251 e. The number of carbonyl (C=O) groups excluding carboxylic acids is 2. The lowest BCUT2D eigenvalue weighted by molar-refractivity contribution is -0.137. The summed E-state index contributed by atoms with van der Waals surface area (Å²) in [6.45, 7) is 8.43. The number of fused-ring (bicyclic) bond motifs is 1. The molecule has 1 N–H and O–H groups in total. The van der Waals surface area contributed by atoms with Gasteiger partial charge in [-0.15, -0.1) is 0 Å². The first-order valence-electron chi connectivity index (χ1n) is 13.9. The normalized spacial score (nSPS) is 12.7. The van der Waals surface area contributed by atoms with Crippen molar-refractivity contribution in [3.63, 3.8) is 0 Å². The summed E-state index contributed by atoms with van der Waals surface area (Å²) in [5.74, 6) is 1.06. The number of rotatable bonds is 10. The minimum absolute atomic E-state index is 0.0770. The van der Waals surface area contributed by atoms with Crippen LogP contribution in [-0.4, -0.2) is 39.2 Å². The third kappa shape index (κ3) is 7.09. The maximum atomic E-state index is 14.1. The summed E-state index contributed by atoms with van der Waals surface area (Å²) >= 11 is 1.27. The molecule has 2 amide bonds. The van der Waals surface area contributed by atoms with Gasteiger partial charge in [0.15, 0.2) is 16.7 Å². The van der Waals surface area contributed by atoms with Crippen molar-refractivity contribution in [3.05, 3.63) is 107 Å². The van der Waals surface area contributed by atoms with Gasteiger partial charge in [-0.25, -0.2) is 9.97 Å². The third-order valence-corrected chi connectivity index (χ3v) is 7.75. The van der Waals surface area contributed by atoms with Crippen molar-refractivity contribution in [2.45, 2.75) is 51.4 Å². The average molecular weight is 583 g/mol. The first-order chi connectivity index (χ1) is 20.3. The van der Waals surface area contributed by atoms with Crippen LogP contribution in [0.2, 0.25) is 0 Å². The van der Waals surface area contributed by atoms with Crippen molar-refractivity contribution >= 4 is 29.3 Å². The summed E-state index contributed by atoms with van der Waals surface area (Å²) in [4.78, 5) is 38.7. The number of hydrogen-bond donors (Lipinski definition) is 1. The van der Waals surface area contributed by atoms with Gasteiger partial charge in [0, 0.05) is 29.7 Å². The number of benzene rings is 3. The van der Waals surface area contributed by atoms with E-state index in [4.69, 9.17) is 9.47 Å². The fourth-order valence-electron chi connectivity index (χ4n) is 4.79. The first kappa shape index (κ1) is 29.1. The molecule has 0 saturated carbocycles. The second-order valence-electron chi connectivity index (χ2n) is 10.5. The van der Waals surface area contributed by atoms with Crippen LogP contribution in [0.25, 0.3) is 0 Å². The largest absolute Gasteiger partial charge is 0.454 e. The van der Waals surface area contributed by atoms with Gasteiger partial charge < -0.3 is 19.7 Å². The Morgan fingerprint density at radius 3 is 2.24 bits per heavy atom. The highest BCUT2D eigenvalue weighted by atomic mass is 32.2. The molecule has 0 aliphatic carbocycles. The van der Waals surface area contributed by atoms with Gasteiger partial charge in [0.05, 0.1) is 5.75 Å². The molecule has 216 valence electrons. The summed E-state index contributed by atoms with van der Waals surface area (Å²) in [6.07, 6.45) is 0. The Bertz CT molecular complexity index is 1540. The van der Waals surface area contributed by atoms with Crippen LogP contribution in [0.1, 0.15) is 53.9 Å². The fourth-order valence-corrected chi connectivity index (χ4v) is 5.63. The van der Waals surface area contributed by atoms with E-state index in [-0.39, 0.29) is 30.9 Å². The minimum atomic E-state index is -0.898. The molecule has 0 radical (unpaired) electrons. The maximum Gasteiger partial charge on any atom is 0.251 e. The minimum Gasteiger partial charge on any atom is -0.454 e. The number of nitrogens with one attached hydrogen (secondary N) is 1. The average Bonchev–Trinajstić information content (AvgIpc) is 3.44. The van der Waals surface area contributed by atoms with E-state index in [0.29, 0.717) is 28.3 Å². The zero-order valence-electron chi connectivity index (χ0n) is 24.2. The van der Waals surface area contributed by atoms with E-state index in [2.05, 4.69) is 29.1 Å². The van der Waals surface area contributed by atoms with E-state index in [1.165, 1.54) is 11.8 Å². The van der Waals surface area contributed by atoms with Gasteiger partial charge in [-0.2, -0.15) is 0 Å². The zero-order chi connectivity index (χ0) is 29.6. The van der Waals surface area contributed by atoms with Crippen molar-refractivity contribution in [2.24, 2.45) is 0 Å². The SMILES string of the molecule is Cc1cc(C)nc(SCC(=O)N(Cc2ccccc2)[C@@H](C(=O)Nc2ccc3c(c2)OCO3)c2ccc(C(C)C)cc2)n1. The number of hydrogen-bond acceptors (Lipinski definition) is 7. The van der Waals surface area contributed by atoms with Gasteiger partial charge in [-0.3, -0.25) is 9.59 Å². The molecule has 1 aromatic heterocycles. The summed E-state index contributed by atoms with van der Waals surface area (Å²) < 4.78 is 10.9. The van der Waals surface area contributed by atoms with Crippen LogP contribution in [0.3, 0.4) is 0 Å². The van der Waals surface area contributed by atoms with Crippen molar-refractivity contribution in [2.75, 3.05) is 17.9 Å². The highest BCUT2D eigenvalue weighted by molar-refractivity contribution is 7.99. The van der Waals surface area contributed by atoms with E-state index >= 15 is 0 Å². The van der Waals surface area contributed by atoms with Crippen molar-refractivity contribution < 1.29 is 19.1 Å². The van der Waals surface area contributed by atoms with E-state index in [1.54, 1.807) is 23.1 Å². The molecule has 9 heteroatoms. The molecule has 1 aliphatic rings. The van der Waals surface area contributed by atoms with Crippen LogP contribution in [0.5, 0.6) is 11.5 Å². The Hall–Kier alpha value is -4.37. The van der Waals surface area contributed by atoms with Gasteiger partial charge in [0.1, 0.15) is 6.04 Å². The Balaban J connectivity index is 1.49. The standard InChI is InChI=1S/C33H34N4O4S/c1-21(2)25-10-12-26(13-11-25)31(32(39)36-27-14-15-28-29(17-27)41-20-40-28)37(18-24-8-6-5-7-9-24)30(38)19-42-33-34-22(3)16-23(4)35-33/h5-17,21,31H,18-20H2,1-4H3,(H,36,39)/t31-/m1/s1. The topological polar surface area (TPSA) is 93.7 Å². The summed E-state index contributed by atoms with van der Waals surface area (Å²) in [5.41, 5.74) is 5.01. The van der Waals surface area contributed by atoms with Crippen LogP contribution < -0.4 is 14.8 Å². The molecular weight excluding hydrogens is 548 g/mol. The van der Waals surface area contributed by atoms with Gasteiger partial charge in [0.25, 0.3) is 5.91 Å². The number of amides is 2. The molecule has 8 nitrogen and oxygen atoms in total. The van der Waals surface area contributed by atoms with Crippen LogP contribution >= 0.6 is 11.8 Å². The van der Waals surface area contributed by atoms with Gasteiger partial charge in [-0.1, -0.05) is 80.2 Å². The molecule has 1 atom stereocenters. The number of ether oxygens (including phenoxy) is 2. The van der Waals surface area contributed by atoms with E-state index in [1.807, 2.05) is 74.5 Å². The summed E-state index contributed by atoms with van der Waals surface area (Å²) in [5, 5.41) is 3.55. The number of aromatic nitrogens is 2. The quantitative estimate of drug-likeness (QED) is 0.170. The van der Waals surface area contributed by atoms with Gasteiger partial charge in [0.2, 0.25) is 12.7 Å². The molecule has 5 rings (SSSR count). The van der Waals surface area contributed by atoms with Crippen LogP contribution in [0, 0.1) is 13.8 Å². The Morgan fingerprint density at radius 1 is 0.881 bits per heavy atom. The van der Waals surface area contributed by atoms with E-state index in [0.717, 1.165) is 28.1 Å². The van der Waals surface area contributed by atoms with Crippen LogP contribution in [0.4, 0.5) is 5.69 Å². The monoisotopic (exact) mass is 582 g/mol. The predicted octanol–water partition coefficient (Wildman–Crippen LogP) is 6.45. The van der Waals surface area contributed by atoms with Crippen molar-refractivity contribution in [1.29, 1.82) is 0 Å². The molecule has 2 heterocycles. The fraction of sp³-hybridized carbons (Fsp3) is 0.273. The van der Waals surface area contributed by atoms with Gasteiger partial charge >= 0.3 is 0 Å². The van der Waals surface area contributed by atoms with E-state index < -0.39 is 6.04 Å². The Labute approximate surface area is 250 Å². The molecule has 0 bridgehead atoms. The molecule has 1 aliphatic heterocycles. The van der Waals surface area contributed by atoms with Crippen LogP contribution in [-0.2, 0) is 16.1 Å². The number of carbonyl (C=O) groups is 2. The number of thioether (sulfide) groups is 1. The second kappa shape index (κ2) is 13.1. The molecule has 0 spiro atoms. The molecular formula is C33H34N4O4S. The third-order valence-electron chi connectivity index (χ3n) is 6.92. The highest BCUT2D eigenvalue weighted by Crippen LogP contribution is 2.35. The van der Waals surface area contributed by atoms with Crippen molar-refractivity contribution in [3.8, 4) is 11.5 Å². The number of anilines is 1. The van der Waals surface area contributed by atoms with Gasteiger partial charge in [-0.05, 0) is 54.7 Å². The number of aryl methyl sites for hydroxylation is 2. The molecule has 4 aromatic rings. The maximum absolute atomic E-state index is 14.1. The lowest BCUT2D eigenvalue weighted by Crippen LogP contribution is -2.41. The molecule has 0 saturated heterocycles. The lowest BCUT2D eigenvalue weighted by Gasteiger charge is -2.32. The number of nitrogens with zero attached hydrogens (tertiary/aromatic N) is 3. The summed E-state index contributed by atoms with van der Waals surface area (Å²) in [6, 6.07) is 23.8. The first-order valence-corrected chi connectivity index (χ1v) is 14.8. The molecule has 0 unspecified atom stereocenters. The predicted molar refractivity (Wildman–Crippen MR) is 164 cm³/mol. The van der Waals surface area contributed by atoms with Crippen molar-refractivity contribution in [1.82, 2.24) is 14.9 Å². The highest BCUT2D eigenvalue weighted by Gasteiger charge is 2.32. The van der Waals surface area contributed by atoms with E-state index in [9.17, 15) is 9.59 Å². The summed E-state index contributed by atoms with van der Waals surface area (Å²) in [7, 11) is 0. The zero-order valence-corrected chi connectivity index (χ0v) is 25.0. The molecule has 42 heavy (non-hydrogen) atoms. The molecule has 3 aromatic carbocycles. The molecule has 0 fully saturated rings. The second-order valence-corrected chi connectivity index (χ2v) is 11.5. The Morgan fingerprint density at radius 2 is 1.55 bits per heavy atom. The lowest BCUT2D eigenvalue weighted by atomic mass is 9.97. The Kier molecular flexibility index (Phi) is 9.07.